The minimum atomic E-state index is 0.601. The zero-order valence-corrected chi connectivity index (χ0v) is 5.65. The van der Waals surface area contributed by atoms with Crippen LogP contribution < -0.4 is 9.57 Å². The van der Waals surface area contributed by atoms with Crippen LogP contribution in [0.25, 0.3) is 0 Å². The lowest BCUT2D eigenvalue weighted by atomic mass is 10.3. The minimum Gasteiger partial charge on any atom is -0.298 e. The Hall–Kier alpha value is -1.38. The van der Waals surface area contributed by atoms with E-state index in [-0.39, 0.29) is 0 Å². The van der Waals surface area contributed by atoms with E-state index >= 15 is 0 Å². The van der Waals surface area contributed by atoms with E-state index in [0.29, 0.717) is 5.56 Å². The molecule has 0 bridgehead atoms. The van der Waals surface area contributed by atoms with Gasteiger partial charge in [0.05, 0.1) is 5.56 Å². The first-order valence-electron chi connectivity index (χ1n) is 2.88. The minimum absolute atomic E-state index is 0.601. The molecule has 1 aromatic rings. The lowest BCUT2D eigenvalue weighted by Gasteiger charge is -1.88. The Bertz CT molecular complexity index is 235. The van der Waals surface area contributed by atoms with Gasteiger partial charge in [0.15, 0.2) is 6.29 Å². The number of nitrogens with zero attached hydrogens (tertiary/aromatic N) is 1. The van der Waals surface area contributed by atoms with E-state index in [1.165, 1.54) is 11.8 Å². The molecule has 52 valence electrons. The van der Waals surface area contributed by atoms with E-state index in [1.807, 2.05) is 0 Å². The quantitative estimate of drug-likeness (QED) is 0.420. The number of carbonyl (C=O) groups is 1. The van der Waals surface area contributed by atoms with Gasteiger partial charge in [0, 0.05) is 10.8 Å². The number of aromatic nitrogens is 1. The first-order chi connectivity index (χ1) is 4.86. The maximum absolute atomic E-state index is 10.2. The van der Waals surface area contributed by atoms with Crippen molar-refractivity contribution in [2.75, 3.05) is 7.11 Å². The van der Waals surface area contributed by atoms with Crippen LogP contribution in [0, 0.1) is 0 Å². The molecule has 0 atom stereocenters. The Labute approximate surface area is 58.8 Å². The lowest BCUT2D eigenvalue weighted by molar-refractivity contribution is -0.885. The average Bonchev–Trinajstić information content (AvgIpc) is 2.05. The van der Waals surface area contributed by atoms with Gasteiger partial charge < -0.3 is 0 Å². The Kier molecular flexibility index (Phi) is 1.99. The fraction of sp³-hybridized carbons (Fsp3) is 0.143. The molecule has 0 aliphatic heterocycles. The summed E-state index contributed by atoms with van der Waals surface area (Å²) in [7, 11) is 1.54. The third-order valence-corrected chi connectivity index (χ3v) is 1.14. The highest BCUT2D eigenvalue weighted by Crippen LogP contribution is 1.86. The summed E-state index contributed by atoms with van der Waals surface area (Å²) in [6.07, 6.45) is 4.09. The molecule has 3 nitrogen and oxygen atoms in total. The van der Waals surface area contributed by atoms with Crippen molar-refractivity contribution >= 4 is 6.29 Å². The fourth-order valence-corrected chi connectivity index (χ4v) is 0.655. The van der Waals surface area contributed by atoms with Gasteiger partial charge in [0.1, 0.15) is 7.11 Å². The van der Waals surface area contributed by atoms with Crippen LogP contribution in [0.2, 0.25) is 0 Å². The maximum atomic E-state index is 10.2. The van der Waals surface area contributed by atoms with E-state index in [1.54, 1.807) is 24.5 Å². The molecule has 1 rings (SSSR count). The molecule has 0 aliphatic carbocycles. The summed E-state index contributed by atoms with van der Waals surface area (Å²) in [6, 6.07) is 3.45. The Morgan fingerprint density at radius 1 is 1.70 bits per heavy atom. The summed E-state index contributed by atoms with van der Waals surface area (Å²) in [4.78, 5) is 15.0. The van der Waals surface area contributed by atoms with Crippen molar-refractivity contribution in [3.05, 3.63) is 30.1 Å². The van der Waals surface area contributed by atoms with E-state index in [0.717, 1.165) is 6.29 Å². The van der Waals surface area contributed by atoms with Crippen LogP contribution in [0.15, 0.2) is 24.5 Å². The van der Waals surface area contributed by atoms with Crippen molar-refractivity contribution in [1.29, 1.82) is 0 Å². The molecule has 0 aliphatic rings. The highest BCUT2D eigenvalue weighted by atomic mass is 16.6. The highest BCUT2D eigenvalue weighted by molar-refractivity contribution is 5.73. The summed E-state index contributed by atoms with van der Waals surface area (Å²) >= 11 is 0. The highest BCUT2D eigenvalue weighted by Gasteiger charge is 1.98. The van der Waals surface area contributed by atoms with Gasteiger partial charge >= 0.3 is 0 Å². The zero-order chi connectivity index (χ0) is 7.40. The van der Waals surface area contributed by atoms with Crippen LogP contribution in [0.5, 0.6) is 0 Å². The molecule has 0 saturated heterocycles. The monoisotopic (exact) mass is 138 g/mol. The van der Waals surface area contributed by atoms with Crippen LogP contribution in [-0.2, 0) is 0 Å². The van der Waals surface area contributed by atoms with Crippen molar-refractivity contribution in [3.8, 4) is 0 Å². The molecular weight excluding hydrogens is 130 g/mol. The van der Waals surface area contributed by atoms with Gasteiger partial charge in [-0.15, -0.1) is 0 Å². The van der Waals surface area contributed by atoms with Gasteiger partial charge in [0.25, 0.3) is 0 Å². The SMILES string of the molecule is CO[n+]1cccc(C=O)c1. The second kappa shape index (κ2) is 2.96. The summed E-state index contributed by atoms with van der Waals surface area (Å²) < 4.78 is 1.46. The van der Waals surface area contributed by atoms with Gasteiger partial charge in [-0.25, -0.2) is 0 Å². The van der Waals surface area contributed by atoms with E-state index in [9.17, 15) is 4.79 Å². The summed E-state index contributed by atoms with van der Waals surface area (Å²) in [5.41, 5.74) is 0.601. The standard InChI is InChI=1S/C7H8NO2/c1-10-8-4-2-3-7(5-8)6-9/h2-6H,1H3/q+1. The topological polar surface area (TPSA) is 30.2 Å². The van der Waals surface area contributed by atoms with Crippen LogP contribution in [-0.4, -0.2) is 13.4 Å². The van der Waals surface area contributed by atoms with Crippen molar-refractivity contribution in [1.82, 2.24) is 0 Å². The Morgan fingerprint density at radius 3 is 3.10 bits per heavy atom. The molecule has 0 radical (unpaired) electrons. The average molecular weight is 138 g/mol. The normalized spacial score (nSPS) is 8.90. The summed E-state index contributed by atoms with van der Waals surface area (Å²) in [5.74, 6) is 0. The maximum Gasteiger partial charge on any atom is 0.232 e. The van der Waals surface area contributed by atoms with E-state index in [2.05, 4.69) is 0 Å². The van der Waals surface area contributed by atoms with Crippen LogP contribution in [0.1, 0.15) is 10.4 Å². The van der Waals surface area contributed by atoms with Crippen LogP contribution in [0.3, 0.4) is 0 Å². The number of pyridine rings is 1. The van der Waals surface area contributed by atoms with Crippen LogP contribution >= 0.6 is 0 Å². The predicted octanol–water partition coefficient (Wildman–Crippen LogP) is -0.155. The fourth-order valence-electron chi connectivity index (χ4n) is 0.655. The third kappa shape index (κ3) is 1.31. The van der Waals surface area contributed by atoms with Crippen molar-refractivity contribution in [2.45, 2.75) is 0 Å². The van der Waals surface area contributed by atoms with Gasteiger partial charge in [-0.05, 0) is 6.07 Å². The van der Waals surface area contributed by atoms with E-state index in [4.69, 9.17) is 4.84 Å². The molecule has 1 aromatic heterocycles. The van der Waals surface area contributed by atoms with Crippen LogP contribution in [0.4, 0.5) is 0 Å². The predicted molar refractivity (Wildman–Crippen MR) is 34.5 cm³/mol. The molecule has 3 heteroatoms. The molecule has 0 N–H and O–H groups in total. The molecular formula is C7H8NO2+. The molecule has 10 heavy (non-hydrogen) atoms. The Morgan fingerprint density at radius 2 is 2.50 bits per heavy atom. The molecule has 0 saturated carbocycles. The number of hydrogen-bond donors (Lipinski definition) is 0. The smallest absolute Gasteiger partial charge is 0.232 e. The largest absolute Gasteiger partial charge is 0.298 e. The molecule has 0 fully saturated rings. The zero-order valence-electron chi connectivity index (χ0n) is 5.65. The van der Waals surface area contributed by atoms with Gasteiger partial charge in [0.2, 0.25) is 12.4 Å². The molecule has 0 spiro atoms. The third-order valence-electron chi connectivity index (χ3n) is 1.14. The summed E-state index contributed by atoms with van der Waals surface area (Å²) in [5, 5.41) is 0. The number of carbonyl (C=O) groups excluding carboxylic acids is 1. The first-order valence-corrected chi connectivity index (χ1v) is 2.88. The lowest BCUT2D eigenvalue weighted by Crippen LogP contribution is -2.39. The number of aldehydes is 1. The molecule has 0 aromatic carbocycles. The van der Waals surface area contributed by atoms with Crippen molar-refractivity contribution < 1.29 is 14.4 Å². The summed E-state index contributed by atoms with van der Waals surface area (Å²) in [6.45, 7) is 0. The van der Waals surface area contributed by atoms with Crippen molar-refractivity contribution in [2.24, 2.45) is 0 Å². The Balaban J connectivity index is 2.98. The first kappa shape index (κ1) is 6.74. The second-order valence-corrected chi connectivity index (χ2v) is 1.80. The number of hydrogen-bond acceptors (Lipinski definition) is 2. The molecule has 1 heterocycles. The molecule has 0 amide bonds. The van der Waals surface area contributed by atoms with Crippen molar-refractivity contribution in [3.63, 3.8) is 0 Å². The second-order valence-electron chi connectivity index (χ2n) is 1.80. The van der Waals surface area contributed by atoms with E-state index < -0.39 is 0 Å². The molecule has 0 unspecified atom stereocenters. The van der Waals surface area contributed by atoms with Gasteiger partial charge in [-0.3, -0.25) is 9.63 Å². The van der Waals surface area contributed by atoms with Gasteiger partial charge in [-0.2, -0.15) is 0 Å². The van der Waals surface area contributed by atoms with Gasteiger partial charge in [-0.1, -0.05) is 0 Å². The number of rotatable bonds is 2.